The van der Waals surface area contributed by atoms with Gasteiger partial charge in [0.2, 0.25) is 0 Å². The minimum Gasteiger partial charge on any atom is -0.383 e. The maximum Gasteiger partial charge on any atom is 0.0659 e. The van der Waals surface area contributed by atoms with Gasteiger partial charge in [0.1, 0.15) is 0 Å². The van der Waals surface area contributed by atoms with Crippen LogP contribution in [0.3, 0.4) is 0 Å². The van der Waals surface area contributed by atoms with Crippen LogP contribution in [0.25, 0.3) is 0 Å². The fourth-order valence-corrected chi connectivity index (χ4v) is 2.57. The van der Waals surface area contributed by atoms with Crippen LogP contribution in [0.4, 0.5) is 0 Å². The van der Waals surface area contributed by atoms with E-state index in [2.05, 4.69) is 35.2 Å². The molecule has 0 aromatic heterocycles. The molecule has 2 atom stereocenters. The lowest BCUT2D eigenvalue weighted by atomic mass is 10.0. The standard InChI is InChI=1S/C14H22N2O/c1-17-11-14(12-6-3-2-4-7-12)16-9-5-8-13(15)10-16/h2-4,6-7,13-14H,5,8-11,15H2,1H3. The zero-order valence-corrected chi connectivity index (χ0v) is 10.5. The highest BCUT2D eigenvalue weighted by Crippen LogP contribution is 2.24. The van der Waals surface area contributed by atoms with Crippen LogP contribution < -0.4 is 5.73 Å². The van der Waals surface area contributed by atoms with E-state index in [9.17, 15) is 0 Å². The number of nitrogens with zero attached hydrogens (tertiary/aromatic N) is 1. The summed E-state index contributed by atoms with van der Waals surface area (Å²) >= 11 is 0. The number of rotatable bonds is 4. The van der Waals surface area contributed by atoms with Gasteiger partial charge in [-0.1, -0.05) is 30.3 Å². The predicted molar refractivity (Wildman–Crippen MR) is 69.8 cm³/mol. The van der Waals surface area contributed by atoms with E-state index in [4.69, 9.17) is 10.5 Å². The van der Waals surface area contributed by atoms with Crippen molar-refractivity contribution >= 4 is 0 Å². The summed E-state index contributed by atoms with van der Waals surface area (Å²) in [6.45, 7) is 2.83. The summed E-state index contributed by atoms with van der Waals surface area (Å²) < 4.78 is 5.36. The van der Waals surface area contributed by atoms with E-state index >= 15 is 0 Å². The minimum absolute atomic E-state index is 0.312. The quantitative estimate of drug-likeness (QED) is 0.863. The summed E-state index contributed by atoms with van der Waals surface area (Å²) in [5.41, 5.74) is 7.38. The highest BCUT2D eigenvalue weighted by atomic mass is 16.5. The van der Waals surface area contributed by atoms with Crippen LogP contribution in [0, 0.1) is 0 Å². The Balaban J connectivity index is 2.11. The first-order chi connectivity index (χ1) is 8.31. The largest absolute Gasteiger partial charge is 0.383 e. The van der Waals surface area contributed by atoms with E-state index in [0.29, 0.717) is 12.1 Å². The van der Waals surface area contributed by atoms with E-state index in [1.54, 1.807) is 7.11 Å². The first-order valence-corrected chi connectivity index (χ1v) is 6.35. The molecule has 0 aliphatic carbocycles. The Morgan fingerprint density at radius 1 is 1.41 bits per heavy atom. The Hall–Kier alpha value is -0.900. The zero-order valence-electron chi connectivity index (χ0n) is 10.5. The van der Waals surface area contributed by atoms with Crippen molar-refractivity contribution in [3.63, 3.8) is 0 Å². The molecule has 1 aliphatic rings. The van der Waals surface area contributed by atoms with Crippen LogP contribution in [0.5, 0.6) is 0 Å². The van der Waals surface area contributed by atoms with Gasteiger partial charge in [0.15, 0.2) is 0 Å². The molecule has 1 saturated heterocycles. The van der Waals surface area contributed by atoms with Crippen LogP contribution in [-0.2, 0) is 4.74 Å². The van der Waals surface area contributed by atoms with Crippen LogP contribution in [-0.4, -0.2) is 37.7 Å². The number of hydrogen-bond acceptors (Lipinski definition) is 3. The number of nitrogens with two attached hydrogens (primary N) is 1. The van der Waals surface area contributed by atoms with Gasteiger partial charge in [-0.15, -0.1) is 0 Å². The van der Waals surface area contributed by atoms with Gasteiger partial charge in [-0.2, -0.15) is 0 Å². The van der Waals surface area contributed by atoms with Gasteiger partial charge < -0.3 is 10.5 Å². The molecule has 1 aromatic carbocycles. The van der Waals surface area contributed by atoms with Crippen molar-refractivity contribution in [2.75, 3.05) is 26.8 Å². The average molecular weight is 234 g/mol. The summed E-state index contributed by atoms with van der Waals surface area (Å²) in [6.07, 6.45) is 2.33. The van der Waals surface area contributed by atoms with Crippen molar-refractivity contribution in [1.29, 1.82) is 0 Å². The van der Waals surface area contributed by atoms with Gasteiger partial charge in [-0.05, 0) is 24.9 Å². The molecule has 0 radical (unpaired) electrons. The molecule has 0 bridgehead atoms. The van der Waals surface area contributed by atoms with Gasteiger partial charge in [0, 0.05) is 19.7 Å². The molecule has 0 amide bonds. The molecule has 1 fully saturated rings. The van der Waals surface area contributed by atoms with Crippen LogP contribution >= 0.6 is 0 Å². The van der Waals surface area contributed by atoms with Crippen molar-refractivity contribution in [3.05, 3.63) is 35.9 Å². The maximum absolute atomic E-state index is 6.05. The van der Waals surface area contributed by atoms with Gasteiger partial charge in [-0.25, -0.2) is 0 Å². The lowest BCUT2D eigenvalue weighted by Crippen LogP contribution is -2.45. The Labute approximate surface area is 104 Å². The van der Waals surface area contributed by atoms with Crippen molar-refractivity contribution in [2.24, 2.45) is 5.73 Å². The fraction of sp³-hybridized carbons (Fsp3) is 0.571. The van der Waals surface area contributed by atoms with E-state index in [1.165, 1.54) is 12.0 Å². The normalized spacial score (nSPS) is 23.5. The molecule has 3 nitrogen and oxygen atoms in total. The monoisotopic (exact) mass is 234 g/mol. The molecule has 17 heavy (non-hydrogen) atoms. The summed E-state index contributed by atoms with van der Waals surface area (Å²) in [5.74, 6) is 0. The third-order valence-electron chi connectivity index (χ3n) is 3.44. The second-order valence-electron chi connectivity index (χ2n) is 4.78. The molecule has 1 aliphatic heterocycles. The number of hydrogen-bond donors (Lipinski definition) is 1. The molecular formula is C14H22N2O. The van der Waals surface area contributed by atoms with Crippen molar-refractivity contribution in [1.82, 2.24) is 4.90 Å². The highest BCUT2D eigenvalue weighted by molar-refractivity contribution is 5.19. The maximum atomic E-state index is 6.05. The first-order valence-electron chi connectivity index (χ1n) is 6.35. The van der Waals surface area contributed by atoms with E-state index in [1.807, 2.05) is 0 Å². The van der Waals surface area contributed by atoms with Crippen molar-refractivity contribution in [2.45, 2.75) is 24.9 Å². The fourth-order valence-electron chi connectivity index (χ4n) is 2.57. The molecule has 3 heteroatoms. The number of methoxy groups -OCH3 is 1. The van der Waals surface area contributed by atoms with Gasteiger partial charge in [-0.3, -0.25) is 4.90 Å². The van der Waals surface area contributed by atoms with Crippen LogP contribution in [0.1, 0.15) is 24.4 Å². The average Bonchev–Trinajstić information content (AvgIpc) is 2.37. The Bertz CT molecular complexity index is 328. The summed E-state index contributed by atoms with van der Waals surface area (Å²) in [5, 5.41) is 0. The Kier molecular flexibility index (Phi) is 4.54. The number of benzene rings is 1. The lowest BCUT2D eigenvalue weighted by Gasteiger charge is -2.37. The van der Waals surface area contributed by atoms with E-state index in [0.717, 1.165) is 26.1 Å². The number of likely N-dealkylation sites (tertiary alicyclic amines) is 1. The highest BCUT2D eigenvalue weighted by Gasteiger charge is 2.25. The minimum atomic E-state index is 0.312. The van der Waals surface area contributed by atoms with Crippen molar-refractivity contribution < 1.29 is 4.74 Å². The Morgan fingerprint density at radius 2 is 2.18 bits per heavy atom. The van der Waals surface area contributed by atoms with E-state index in [-0.39, 0.29) is 0 Å². The van der Waals surface area contributed by atoms with Gasteiger partial charge >= 0.3 is 0 Å². The molecule has 0 saturated carbocycles. The molecule has 1 heterocycles. The van der Waals surface area contributed by atoms with Gasteiger partial charge in [0.25, 0.3) is 0 Å². The molecule has 0 spiro atoms. The first kappa shape index (κ1) is 12.6. The molecule has 2 N–H and O–H groups in total. The zero-order chi connectivity index (χ0) is 12.1. The smallest absolute Gasteiger partial charge is 0.0659 e. The summed E-state index contributed by atoms with van der Waals surface area (Å²) in [4.78, 5) is 2.45. The Morgan fingerprint density at radius 3 is 2.82 bits per heavy atom. The SMILES string of the molecule is COCC(c1ccccc1)N1CCCC(N)C1. The lowest BCUT2D eigenvalue weighted by molar-refractivity contribution is 0.0711. The summed E-state index contributed by atoms with van der Waals surface area (Å²) in [7, 11) is 1.76. The van der Waals surface area contributed by atoms with Crippen molar-refractivity contribution in [3.8, 4) is 0 Å². The number of piperidine rings is 1. The topological polar surface area (TPSA) is 38.5 Å². The third kappa shape index (κ3) is 3.28. The summed E-state index contributed by atoms with van der Waals surface area (Å²) in [6, 6.07) is 11.2. The van der Waals surface area contributed by atoms with Crippen LogP contribution in [0.15, 0.2) is 30.3 Å². The molecule has 1 aromatic rings. The van der Waals surface area contributed by atoms with Crippen LogP contribution in [0.2, 0.25) is 0 Å². The number of ether oxygens (including phenoxy) is 1. The predicted octanol–water partition coefficient (Wildman–Crippen LogP) is 1.80. The molecule has 2 unspecified atom stereocenters. The molecular weight excluding hydrogens is 212 g/mol. The second kappa shape index (κ2) is 6.15. The second-order valence-corrected chi connectivity index (χ2v) is 4.78. The third-order valence-corrected chi connectivity index (χ3v) is 3.44. The molecule has 94 valence electrons. The van der Waals surface area contributed by atoms with E-state index < -0.39 is 0 Å². The molecule has 2 rings (SSSR count). The van der Waals surface area contributed by atoms with Gasteiger partial charge in [0.05, 0.1) is 12.6 Å².